The summed E-state index contributed by atoms with van der Waals surface area (Å²) >= 11 is 0. The highest BCUT2D eigenvalue weighted by atomic mass is 16.3. The average Bonchev–Trinajstić information content (AvgIpc) is 2.70. The largest absolute Gasteiger partial charge is 0.507 e. The zero-order valence-corrected chi connectivity index (χ0v) is 9.58. The third-order valence-corrected chi connectivity index (χ3v) is 2.33. The van der Waals surface area contributed by atoms with E-state index in [1.54, 1.807) is 19.2 Å². The minimum atomic E-state index is -0.511. The molecule has 0 atom stereocenters. The van der Waals surface area contributed by atoms with Crippen molar-refractivity contribution in [1.29, 1.82) is 5.26 Å². The van der Waals surface area contributed by atoms with E-state index in [4.69, 9.17) is 5.26 Å². The van der Waals surface area contributed by atoms with Crippen LogP contribution in [0.3, 0.4) is 0 Å². The molecule has 1 aromatic heterocycles. The number of nitrogens with one attached hydrogen (secondary N) is 1. The highest BCUT2D eigenvalue weighted by molar-refractivity contribution is 6.06. The van der Waals surface area contributed by atoms with Crippen LogP contribution in [-0.2, 0) is 7.05 Å². The number of benzene rings is 1. The molecular formula is C12H10N4O2. The molecule has 18 heavy (non-hydrogen) atoms. The van der Waals surface area contributed by atoms with Crippen LogP contribution in [0.15, 0.2) is 30.5 Å². The Morgan fingerprint density at radius 3 is 2.89 bits per heavy atom. The van der Waals surface area contributed by atoms with E-state index in [0.29, 0.717) is 0 Å². The number of carbonyl (C=O) groups is 1. The van der Waals surface area contributed by atoms with Crippen LogP contribution in [0.4, 0.5) is 5.82 Å². The van der Waals surface area contributed by atoms with Gasteiger partial charge < -0.3 is 10.4 Å². The molecule has 0 radical (unpaired) electrons. The van der Waals surface area contributed by atoms with E-state index < -0.39 is 5.91 Å². The fourth-order valence-corrected chi connectivity index (χ4v) is 1.50. The highest BCUT2D eigenvalue weighted by Crippen LogP contribution is 2.18. The Morgan fingerprint density at radius 1 is 1.50 bits per heavy atom. The zero-order chi connectivity index (χ0) is 13.1. The van der Waals surface area contributed by atoms with E-state index in [2.05, 4.69) is 10.4 Å². The quantitative estimate of drug-likeness (QED) is 0.829. The average molecular weight is 242 g/mol. The number of nitrogens with zero attached hydrogens (tertiary/aromatic N) is 3. The van der Waals surface area contributed by atoms with Crippen molar-refractivity contribution >= 4 is 11.7 Å². The molecule has 6 heteroatoms. The van der Waals surface area contributed by atoms with E-state index in [0.717, 1.165) is 0 Å². The first-order valence-corrected chi connectivity index (χ1v) is 5.15. The van der Waals surface area contributed by atoms with Gasteiger partial charge in [-0.2, -0.15) is 10.4 Å². The van der Waals surface area contributed by atoms with Gasteiger partial charge in [-0.25, -0.2) is 0 Å². The van der Waals surface area contributed by atoms with Gasteiger partial charge in [-0.15, -0.1) is 0 Å². The third kappa shape index (κ3) is 2.15. The number of aryl methyl sites for hydroxylation is 1. The number of carbonyl (C=O) groups excluding carboxylic acids is 1. The number of hydrogen-bond acceptors (Lipinski definition) is 4. The first kappa shape index (κ1) is 11.7. The van der Waals surface area contributed by atoms with Gasteiger partial charge in [-0.05, 0) is 12.1 Å². The highest BCUT2D eigenvalue weighted by Gasteiger charge is 2.14. The Morgan fingerprint density at radius 2 is 2.22 bits per heavy atom. The lowest BCUT2D eigenvalue weighted by atomic mass is 10.2. The van der Waals surface area contributed by atoms with Gasteiger partial charge >= 0.3 is 0 Å². The van der Waals surface area contributed by atoms with Gasteiger partial charge in [0.1, 0.15) is 17.4 Å². The summed E-state index contributed by atoms with van der Waals surface area (Å²) in [5, 5.41) is 24.8. The second-order valence-electron chi connectivity index (χ2n) is 3.65. The van der Waals surface area contributed by atoms with Crippen LogP contribution < -0.4 is 5.32 Å². The minimum Gasteiger partial charge on any atom is -0.507 e. The van der Waals surface area contributed by atoms with E-state index in [-0.39, 0.29) is 22.7 Å². The number of rotatable bonds is 2. The number of anilines is 1. The summed E-state index contributed by atoms with van der Waals surface area (Å²) in [6, 6.07) is 8.08. The summed E-state index contributed by atoms with van der Waals surface area (Å²) in [5.74, 6) is -0.457. The first-order valence-electron chi connectivity index (χ1n) is 5.15. The van der Waals surface area contributed by atoms with E-state index in [9.17, 15) is 9.90 Å². The number of nitriles is 1. The summed E-state index contributed by atoms with van der Waals surface area (Å²) in [4.78, 5) is 11.9. The van der Waals surface area contributed by atoms with Gasteiger partial charge in [0.2, 0.25) is 0 Å². The molecule has 0 aliphatic carbocycles. The summed E-state index contributed by atoms with van der Waals surface area (Å²) in [6.45, 7) is 0. The second kappa shape index (κ2) is 4.59. The van der Waals surface area contributed by atoms with Crippen LogP contribution in [0, 0.1) is 11.3 Å². The fraction of sp³-hybridized carbons (Fsp3) is 0.0833. The molecule has 0 unspecified atom stereocenters. The van der Waals surface area contributed by atoms with E-state index in [1.165, 1.54) is 23.0 Å². The predicted octanol–water partition coefficient (Wildman–Crippen LogP) is 1.25. The fourth-order valence-electron chi connectivity index (χ4n) is 1.50. The first-order chi connectivity index (χ1) is 8.61. The zero-order valence-electron chi connectivity index (χ0n) is 9.58. The van der Waals surface area contributed by atoms with Crippen molar-refractivity contribution in [1.82, 2.24) is 9.78 Å². The minimum absolute atomic E-state index is 0.121. The number of para-hydroxylation sites is 1. The van der Waals surface area contributed by atoms with Crippen LogP contribution in [0.5, 0.6) is 5.75 Å². The molecule has 0 fully saturated rings. The molecule has 90 valence electrons. The molecular weight excluding hydrogens is 232 g/mol. The van der Waals surface area contributed by atoms with Gasteiger partial charge in [-0.3, -0.25) is 9.48 Å². The topological polar surface area (TPSA) is 90.9 Å². The summed E-state index contributed by atoms with van der Waals surface area (Å²) in [6.07, 6.45) is 1.50. The van der Waals surface area contributed by atoms with Crippen molar-refractivity contribution in [2.24, 2.45) is 7.05 Å². The van der Waals surface area contributed by atoms with Crippen molar-refractivity contribution in [2.45, 2.75) is 0 Å². The molecule has 2 N–H and O–H groups in total. The second-order valence-corrected chi connectivity index (χ2v) is 3.65. The Balaban J connectivity index is 2.27. The molecule has 2 rings (SSSR count). The molecule has 0 spiro atoms. The Hall–Kier alpha value is -2.81. The predicted molar refractivity (Wildman–Crippen MR) is 64.0 cm³/mol. The molecule has 0 bridgehead atoms. The number of phenols is 1. The number of hydrogen-bond donors (Lipinski definition) is 2. The van der Waals surface area contributed by atoms with Gasteiger partial charge in [-0.1, -0.05) is 12.1 Å². The van der Waals surface area contributed by atoms with Crippen molar-refractivity contribution in [3.8, 4) is 11.8 Å². The maximum absolute atomic E-state index is 11.9. The van der Waals surface area contributed by atoms with Crippen molar-refractivity contribution < 1.29 is 9.90 Å². The van der Waals surface area contributed by atoms with Crippen LogP contribution in [0.2, 0.25) is 0 Å². The van der Waals surface area contributed by atoms with Crippen molar-refractivity contribution in [2.75, 3.05) is 5.32 Å². The van der Waals surface area contributed by atoms with Crippen molar-refractivity contribution in [3.63, 3.8) is 0 Å². The Labute approximate surface area is 103 Å². The maximum Gasteiger partial charge on any atom is 0.260 e. The molecule has 0 aliphatic heterocycles. The Bertz CT molecular complexity index is 640. The number of aromatic hydroxyl groups is 1. The Kier molecular flexibility index (Phi) is 2.98. The van der Waals surface area contributed by atoms with Crippen LogP contribution in [-0.4, -0.2) is 20.8 Å². The smallest absolute Gasteiger partial charge is 0.260 e. The normalized spacial score (nSPS) is 9.78. The lowest BCUT2D eigenvalue weighted by Gasteiger charge is -2.04. The third-order valence-electron chi connectivity index (χ3n) is 2.33. The van der Waals surface area contributed by atoms with Crippen molar-refractivity contribution in [3.05, 3.63) is 41.6 Å². The lowest BCUT2D eigenvalue weighted by molar-refractivity contribution is 0.102. The number of aromatic nitrogens is 2. The number of amides is 1. The van der Waals surface area contributed by atoms with Gasteiger partial charge in [0.05, 0.1) is 5.56 Å². The van der Waals surface area contributed by atoms with Gasteiger partial charge in [0, 0.05) is 13.2 Å². The molecule has 6 nitrogen and oxygen atoms in total. The standard InChI is InChI=1S/C12H10N4O2/c1-16-7-8(6-13)11(15-16)14-12(18)9-4-2-3-5-10(9)17/h2-5,7,17H,1H3,(H,14,15,18). The SMILES string of the molecule is Cn1cc(C#N)c(NC(=O)c2ccccc2O)n1. The van der Waals surface area contributed by atoms with E-state index >= 15 is 0 Å². The lowest BCUT2D eigenvalue weighted by Crippen LogP contribution is -2.13. The molecule has 1 heterocycles. The molecule has 0 saturated heterocycles. The summed E-state index contributed by atoms with van der Waals surface area (Å²) in [7, 11) is 1.65. The molecule has 2 aromatic rings. The van der Waals surface area contributed by atoms with E-state index in [1.807, 2.05) is 6.07 Å². The monoisotopic (exact) mass is 242 g/mol. The van der Waals surface area contributed by atoms with Gasteiger partial charge in [0.25, 0.3) is 5.91 Å². The van der Waals surface area contributed by atoms with Crippen LogP contribution in [0.1, 0.15) is 15.9 Å². The molecule has 1 amide bonds. The molecule has 0 saturated carbocycles. The van der Waals surface area contributed by atoms with Crippen LogP contribution >= 0.6 is 0 Å². The number of phenolic OH excluding ortho intramolecular Hbond substituents is 1. The molecule has 0 aliphatic rings. The summed E-state index contributed by atoms with van der Waals surface area (Å²) in [5.41, 5.74) is 0.397. The van der Waals surface area contributed by atoms with Crippen LogP contribution in [0.25, 0.3) is 0 Å². The molecule has 1 aromatic carbocycles. The maximum atomic E-state index is 11.9. The summed E-state index contributed by atoms with van der Waals surface area (Å²) < 4.78 is 1.43. The van der Waals surface area contributed by atoms with Gasteiger partial charge in [0.15, 0.2) is 5.82 Å².